The Morgan fingerprint density at radius 1 is 1.42 bits per heavy atom. The molecule has 3 aliphatic rings. The second-order valence-corrected chi connectivity index (χ2v) is 7.11. The molecule has 1 spiro atoms. The molecule has 0 amide bonds. The lowest BCUT2D eigenvalue weighted by molar-refractivity contribution is -0.194. The van der Waals surface area contributed by atoms with Crippen molar-refractivity contribution in [1.82, 2.24) is 14.7 Å². The van der Waals surface area contributed by atoms with Crippen LogP contribution < -0.4 is 0 Å². The number of ether oxygens (including phenoxy) is 1. The van der Waals surface area contributed by atoms with Crippen molar-refractivity contribution in [2.45, 2.75) is 24.4 Å². The number of nitriles is 1. The molecule has 3 heterocycles. The summed E-state index contributed by atoms with van der Waals surface area (Å²) in [7, 11) is 0. The second kappa shape index (κ2) is 3.81. The van der Waals surface area contributed by atoms with Crippen LogP contribution in [0.2, 0.25) is 0 Å². The zero-order valence-electron chi connectivity index (χ0n) is 10.5. The Morgan fingerprint density at radius 2 is 2.16 bits per heavy atom. The van der Waals surface area contributed by atoms with Gasteiger partial charge in [-0.2, -0.15) is 10.4 Å². The molecule has 6 heteroatoms. The highest BCUT2D eigenvalue weighted by atomic mass is 79.9. The third-order valence-corrected chi connectivity index (χ3v) is 5.24. The van der Waals surface area contributed by atoms with Crippen LogP contribution in [0.4, 0.5) is 0 Å². The van der Waals surface area contributed by atoms with E-state index in [2.05, 4.69) is 36.7 Å². The van der Waals surface area contributed by atoms with Crippen molar-refractivity contribution >= 4 is 15.9 Å². The molecule has 0 atom stereocenters. The van der Waals surface area contributed by atoms with Gasteiger partial charge in [0.1, 0.15) is 0 Å². The third-order valence-electron chi connectivity index (χ3n) is 4.83. The third kappa shape index (κ3) is 1.62. The van der Waals surface area contributed by atoms with Crippen LogP contribution >= 0.6 is 15.9 Å². The van der Waals surface area contributed by atoms with Gasteiger partial charge in [-0.25, -0.2) is 0 Å². The largest absolute Gasteiger partial charge is 0.375 e. The molecule has 0 aromatic carbocycles. The van der Waals surface area contributed by atoms with E-state index >= 15 is 0 Å². The van der Waals surface area contributed by atoms with Gasteiger partial charge in [-0.3, -0.25) is 9.58 Å². The van der Waals surface area contributed by atoms with Gasteiger partial charge in [0.05, 0.1) is 36.0 Å². The molecule has 100 valence electrons. The lowest BCUT2D eigenvalue weighted by Gasteiger charge is -2.63. The molecule has 19 heavy (non-hydrogen) atoms. The molecular weight excluding hydrogens is 308 g/mol. The number of hydrogen-bond donors (Lipinski definition) is 0. The summed E-state index contributed by atoms with van der Waals surface area (Å²) in [5, 5.41) is 13.6. The van der Waals surface area contributed by atoms with E-state index < -0.39 is 0 Å². The first-order valence-corrected chi connectivity index (χ1v) is 7.38. The Bertz CT molecular complexity index is 545. The summed E-state index contributed by atoms with van der Waals surface area (Å²) >= 11 is 3.43. The quantitative estimate of drug-likeness (QED) is 0.829. The summed E-state index contributed by atoms with van der Waals surface area (Å²) in [5.41, 5.74) is 0.119. The molecule has 0 bridgehead atoms. The topological polar surface area (TPSA) is 54.1 Å². The average Bonchev–Trinajstić information content (AvgIpc) is 2.64. The predicted octanol–water partition coefficient (Wildman–Crippen LogP) is 1.58. The molecule has 1 saturated carbocycles. The van der Waals surface area contributed by atoms with E-state index in [1.807, 2.05) is 12.4 Å². The number of nitrogens with zero attached hydrogens (tertiary/aromatic N) is 4. The fraction of sp³-hybridized carbons (Fsp3) is 0.692. The molecule has 2 saturated heterocycles. The molecule has 5 nitrogen and oxygen atoms in total. The van der Waals surface area contributed by atoms with Crippen LogP contribution in [-0.4, -0.2) is 46.5 Å². The molecule has 1 aromatic heterocycles. The monoisotopic (exact) mass is 322 g/mol. The van der Waals surface area contributed by atoms with Crippen LogP contribution in [0.15, 0.2) is 16.9 Å². The van der Waals surface area contributed by atoms with Crippen LogP contribution in [-0.2, 0) is 4.74 Å². The van der Waals surface area contributed by atoms with Crippen molar-refractivity contribution in [3.8, 4) is 6.07 Å². The summed E-state index contributed by atoms with van der Waals surface area (Å²) in [5.74, 6) is 0. The smallest absolute Gasteiger partial charge is 0.156 e. The maximum absolute atomic E-state index is 9.27. The van der Waals surface area contributed by atoms with Crippen molar-refractivity contribution in [3.63, 3.8) is 0 Å². The van der Waals surface area contributed by atoms with Crippen LogP contribution in [0.5, 0.6) is 0 Å². The van der Waals surface area contributed by atoms with Gasteiger partial charge in [-0.1, -0.05) is 0 Å². The van der Waals surface area contributed by atoms with Gasteiger partial charge in [0, 0.05) is 19.3 Å². The standard InChI is InChI=1S/C13H15BrN4O/c14-10-3-16-18(4-10)11-1-12(2-11)6-17(7-12)13(5-15)8-19-9-13/h3-4,11H,1-2,6-9H2. The van der Waals surface area contributed by atoms with Gasteiger partial charge in [-0.05, 0) is 34.2 Å². The molecule has 4 rings (SSSR count). The van der Waals surface area contributed by atoms with E-state index in [1.54, 1.807) is 0 Å². The maximum Gasteiger partial charge on any atom is 0.156 e. The van der Waals surface area contributed by atoms with Crippen molar-refractivity contribution in [2.75, 3.05) is 26.3 Å². The number of aromatic nitrogens is 2. The Balaban J connectivity index is 1.37. The summed E-state index contributed by atoms with van der Waals surface area (Å²) in [6.07, 6.45) is 6.25. The van der Waals surface area contributed by atoms with E-state index in [4.69, 9.17) is 4.74 Å². The summed E-state index contributed by atoms with van der Waals surface area (Å²) < 4.78 is 8.32. The summed E-state index contributed by atoms with van der Waals surface area (Å²) in [4.78, 5) is 2.30. The minimum atomic E-state index is -0.314. The number of likely N-dealkylation sites (tertiary alicyclic amines) is 1. The van der Waals surface area contributed by atoms with Crippen molar-refractivity contribution in [3.05, 3.63) is 16.9 Å². The molecule has 0 unspecified atom stereocenters. The Labute approximate surface area is 120 Å². The first kappa shape index (κ1) is 11.9. The molecule has 2 aliphatic heterocycles. The minimum absolute atomic E-state index is 0.314. The Kier molecular flexibility index (Phi) is 2.39. The minimum Gasteiger partial charge on any atom is -0.375 e. The highest BCUT2D eigenvalue weighted by Crippen LogP contribution is 2.55. The van der Waals surface area contributed by atoms with Gasteiger partial charge in [0.25, 0.3) is 0 Å². The molecule has 1 aromatic rings. The van der Waals surface area contributed by atoms with Crippen LogP contribution in [0.3, 0.4) is 0 Å². The van der Waals surface area contributed by atoms with Gasteiger partial charge < -0.3 is 4.74 Å². The fourth-order valence-corrected chi connectivity index (χ4v) is 3.88. The van der Waals surface area contributed by atoms with Crippen molar-refractivity contribution < 1.29 is 4.74 Å². The first-order valence-electron chi connectivity index (χ1n) is 6.59. The predicted molar refractivity (Wildman–Crippen MR) is 71.4 cm³/mol. The fourth-order valence-electron chi connectivity index (χ4n) is 3.58. The van der Waals surface area contributed by atoms with Gasteiger partial charge in [-0.15, -0.1) is 0 Å². The Morgan fingerprint density at radius 3 is 2.63 bits per heavy atom. The van der Waals surface area contributed by atoms with E-state index in [0.29, 0.717) is 24.7 Å². The first-order chi connectivity index (χ1) is 9.15. The second-order valence-electron chi connectivity index (χ2n) is 6.19. The number of halogens is 1. The molecule has 3 fully saturated rings. The maximum atomic E-state index is 9.27. The number of rotatable bonds is 2. The SMILES string of the molecule is N#CC1(N2CC3(CC(n4cc(Br)cn4)C3)C2)COC1. The Hall–Kier alpha value is -0.900. The van der Waals surface area contributed by atoms with Gasteiger partial charge in [0.2, 0.25) is 0 Å². The van der Waals surface area contributed by atoms with Crippen LogP contribution in [0.1, 0.15) is 18.9 Å². The van der Waals surface area contributed by atoms with E-state index in [0.717, 1.165) is 17.6 Å². The van der Waals surface area contributed by atoms with E-state index in [1.165, 1.54) is 12.8 Å². The van der Waals surface area contributed by atoms with Crippen molar-refractivity contribution in [1.29, 1.82) is 5.26 Å². The highest BCUT2D eigenvalue weighted by Gasteiger charge is 2.60. The zero-order chi connectivity index (χ0) is 13.1. The van der Waals surface area contributed by atoms with E-state index in [9.17, 15) is 5.26 Å². The summed E-state index contributed by atoms with van der Waals surface area (Å²) in [6, 6.07) is 2.96. The normalized spacial score (nSPS) is 28.2. The summed E-state index contributed by atoms with van der Waals surface area (Å²) in [6.45, 7) is 3.25. The lowest BCUT2D eigenvalue weighted by atomic mass is 9.59. The molecule has 0 N–H and O–H groups in total. The van der Waals surface area contributed by atoms with Gasteiger partial charge in [0.15, 0.2) is 5.54 Å². The zero-order valence-corrected chi connectivity index (χ0v) is 12.1. The lowest BCUT2D eigenvalue weighted by Crippen LogP contribution is -2.73. The molecule has 0 radical (unpaired) electrons. The highest BCUT2D eigenvalue weighted by molar-refractivity contribution is 9.10. The van der Waals surface area contributed by atoms with Crippen molar-refractivity contribution in [2.24, 2.45) is 5.41 Å². The van der Waals surface area contributed by atoms with E-state index in [-0.39, 0.29) is 5.54 Å². The van der Waals surface area contributed by atoms with Crippen LogP contribution in [0, 0.1) is 16.7 Å². The average molecular weight is 323 g/mol. The van der Waals surface area contributed by atoms with Crippen LogP contribution in [0.25, 0.3) is 0 Å². The molecular formula is C13H15BrN4O. The molecule has 1 aliphatic carbocycles. The number of hydrogen-bond acceptors (Lipinski definition) is 4. The van der Waals surface area contributed by atoms with Gasteiger partial charge >= 0.3 is 0 Å².